The molecule has 1 aromatic heterocycles. The van der Waals surface area contributed by atoms with E-state index in [2.05, 4.69) is 16.9 Å². The Morgan fingerprint density at radius 3 is 2.92 bits per heavy atom. The highest BCUT2D eigenvalue weighted by atomic mass is 14.8. The molecule has 1 saturated carbocycles. The smallest absolute Gasteiger partial charge is 0.0621 e. The highest BCUT2D eigenvalue weighted by Gasteiger charge is 2.38. The first kappa shape index (κ1) is 8.63. The summed E-state index contributed by atoms with van der Waals surface area (Å²) >= 11 is 0. The van der Waals surface area contributed by atoms with Crippen molar-refractivity contribution in [2.24, 2.45) is 11.7 Å². The topological polar surface area (TPSA) is 51.8 Å². The molecule has 0 saturated heterocycles. The van der Waals surface area contributed by atoms with E-state index < -0.39 is 0 Å². The van der Waals surface area contributed by atoms with Gasteiger partial charge in [0.1, 0.15) is 0 Å². The first-order valence-electron chi connectivity index (χ1n) is 4.84. The average Bonchev–Trinajstić information content (AvgIpc) is 2.16. The van der Waals surface area contributed by atoms with Gasteiger partial charge in [0.15, 0.2) is 0 Å². The summed E-state index contributed by atoms with van der Waals surface area (Å²) in [6.45, 7) is 2.19. The van der Waals surface area contributed by atoms with E-state index in [1.165, 1.54) is 0 Å². The van der Waals surface area contributed by atoms with Crippen molar-refractivity contribution in [3.05, 3.63) is 24.3 Å². The lowest BCUT2D eigenvalue weighted by Crippen LogP contribution is -2.45. The van der Waals surface area contributed by atoms with Crippen molar-refractivity contribution in [3.63, 3.8) is 0 Å². The molecule has 3 nitrogen and oxygen atoms in total. The number of rotatable bonds is 2. The van der Waals surface area contributed by atoms with Gasteiger partial charge in [0.2, 0.25) is 0 Å². The zero-order chi connectivity index (χ0) is 9.26. The van der Waals surface area contributed by atoms with E-state index >= 15 is 0 Å². The Balaban J connectivity index is 2.12. The quantitative estimate of drug-likeness (QED) is 0.741. The van der Waals surface area contributed by atoms with Gasteiger partial charge in [0.25, 0.3) is 0 Å². The Bertz CT molecular complexity index is 273. The molecule has 3 heteroatoms. The minimum Gasteiger partial charge on any atom is -0.327 e. The summed E-state index contributed by atoms with van der Waals surface area (Å²) < 4.78 is 0. The second kappa shape index (κ2) is 3.42. The number of hydrogen-bond acceptors (Lipinski definition) is 3. The summed E-state index contributed by atoms with van der Waals surface area (Å²) in [5, 5.41) is 0. The third-order valence-electron chi connectivity index (χ3n) is 3.03. The third kappa shape index (κ3) is 1.44. The van der Waals surface area contributed by atoms with Crippen LogP contribution in [-0.2, 0) is 0 Å². The molecule has 2 rings (SSSR count). The predicted octanol–water partition coefficient (Wildman–Crippen LogP) is 1.32. The Morgan fingerprint density at radius 2 is 2.38 bits per heavy atom. The zero-order valence-electron chi connectivity index (χ0n) is 7.85. The molecule has 2 N–H and O–H groups in total. The maximum Gasteiger partial charge on any atom is 0.0621 e. The highest BCUT2D eigenvalue weighted by Crippen LogP contribution is 2.42. The van der Waals surface area contributed by atoms with Crippen molar-refractivity contribution in [2.45, 2.75) is 31.7 Å². The van der Waals surface area contributed by atoms with E-state index in [9.17, 15) is 0 Å². The standard InChI is InChI=1S/C10H15N3/c1-2-7-8(5-9(7)11)10-6-12-3-4-13-10/h3-4,6-9H,2,5,11H2,1H3. The number of nitrogens with zero attached hydrogens (tertiary/aromatic N) is 2. The molecule has 0 amide bonds. The van der Waals surface area contributed by atoms with Gasteiger partial charge in [-0.3, -0.25) is 9.97 Å². The monoisotopic (exact) mass is 177 g/mol. The number of aromatic nitrogens is 2. The summed E-state index contributed by atoms with van der Waals surface area (Å²) in [4.78, 5) is 8.39. The van der Waals surface area contributed by atoms with Gasteiger partial charge in [0, 0.05) is 30.6 Å². The van der Waals surface area contributed by atoms with Crippen LogP contribution in [0.25, 0.3) is 0 Å². The first-order valence-corrected chi connectivity index (χ1v) is 4.84. The molecule has 1 fully saturated rings. The van der Waals surface area contributed by atoms with Gasteiger partial charge in [-0.05, 0) is 12.3 Å². The largest absolute Gasteiger partial charge is 0.327 e. The number of hydrogen-bond donors (Lipinski definition) is 1. The predicted molar refractivity (Wildman–Crippen MR) is 51.1 cm³/mol. The fourth-order valence-corrected chi connectivity index (χ4v) is 2.17. The van der Waals surface area contributed by atoms with Crippen LogP contribution in [0, 0.1) is 5.92 Å². The van der Waals surface area contributed by atoms with Gasteiger partial charge in [-0.2, -0.15) is 0 Å². The van der Waals surface area contributed by atoms with Crippen molar-refractivity contribution in [3.8, 4) is 0 Å². The first-order chi connectivity index (χ1) is 6.33. The Kier molecular flexibility index (Phi) is 2.27. The molecule has 13 heavy (non-hydrogen) atoms. The van der Waals surface area contributed by atoms with Crippen LogP contribution in [0.2, 0.25) is 0 Å². The molecule has 0 aliphatic heterocycles. The van der Waals surface area contributed by atoms with Crippen LogP contribution in [0.15, 0.2) is 18.6 Å². The molecule has 0 radical (unpaired) electrons. The molecule has 1 aromatic rings. The summed E-state index contributed by atoms with van der Waals surface area (Å²) in [6, 6.07) is 0.372. The molecule has 0 aromatic carbocycles. The second-order valence-electron chi connectivity index (χ2n) is 3.71. The van der Waals surface area contributed by atoms with Gasteiger partial charge >= 0.3 is 0 Å². The SMILES string of the molecule is CCC1C(N)CC1c1cnccn1. The van der Waals surface area contributed by atoms with Crippen molar-refractivity contribution in [1.29, 1.82) is 0 Å². The lowest BCUT2D eigenvalue weighted by atomic mass is 9.67. The van der Waals surface area contributed by atoms with Gasteiger partial charge in [-0.25, -0.2) is 0 Å². The molecular weight excluding hydrogens is 162 g/mol. The maximum absolute atomic E-state index is 5.91. The molecule has 1 heterocycles. The van der Waals surface area contributed by atoms with Crippen molar-refractivity contribution in [2.75, 3.05) is 0 Å². The second-order valence-corrected chi connectivity index (χ2v) is 3.71. The molecular formula is C10H15N3. The van der Waals surface area contributed by atoms with Crippen LogP contribution in [0.1, 0.15) is 31.4 Å². The lowest BCUT2D eigenvalue weighted by molar-refractivity contribution is 0.194. The van der Waals surface area contributed by atoms with Gasteiger partial charge < -0.3 is 5.73 Å². The number of nitrogens with two attached hydrogens (primary N) is 1. The molecule has 0 spiro atoms. The highest BCUT2D eigenvalue weighted by molar-refractivity contribution is 5.13. The van der Waals surface area contributed by atoms with E-state index in [1.807, 2.05) is 6.20 Å². The van der Waals surface area contributed by atoms with E-state index in [4.69, 9.17) is 5.73 Å². The normalized spacial score (nSPS) is 32.6. The minimum atomic E-state index is 0.372. The van der Waals surface area contributed by atoms with Crippen molar-refractivity contribution < 1.29 is 0 Å². The molecule has 3 unspecified atom stereocenters. The van der Waals surface area contributed by atoms with Crippen LogP contribution >= 0.6 is 0 Å². The van der Waals surface area contributed by atoms with Crippen LogP contribution in [-0.4, -0.2) is 16.0 Å². The summed E-state index contributed by atoms with van der Waals surface area (Å²) in [5.41, 5.74) is 7.02. The molecule has 3 atom stereocenters. The zero-order valence-corrected chi connectivity index (χ0v) is 7.85. The van der Waals surface area contributed by atoms with Crippen LogP contribution < -0.4 is 5.73 Å². The third-order valence-corrected chi connectivity index (χ3v) is 3.03. The molecule has 1 aliphatic rings. The molecule has 1 aliphatic carbocycles. The Labute approximate surface area is 78.4 Å². The maximum atomic E-state index is 5.91. The summed E-state index contributed by atoms with van der Waals surface area (Å²) in [6.07, 6.45) is 7.54. The van der Waals surface area contributed by atoms with E-state index in [1.54, 1.807) is 12.4 Å². The molecule has 70 valence electrons. The van der Waals surface area contributed by atoms with E-state index in [0.29, 0.717) is 17.9 Å². The van der Waals surface area contributed by atoms with Crippen LogP contribution in [0.3, 0.4) is 0 Å². The van der Waals surface area contributed by atoms with Crippen LogP contribution in [0.5, 0.6) is 0 Å². The Morgan fingerprint density at radius 1 is 1.54 bits per heavy atom. The van der Waals surface area contributed by atoms with E-state index in [0.717, 1.165) is 18.5 Å². The van der Waals surface area contributed by atoms with Gasteiger partial charge in [-0.1, -0.05) is 13.3 Å². The van der Waals surface area contributed by atoms with Crippen molar-refractivity contribution >= 4 is 0 Å². The fourth-order valence-electron chi connectivity index (χ4n) is 2.17. The molecule has 0 bridgehead atoms. The summed E-state index contributed by atoms with van der Waals surface area (Å²) in [5.74, 6) is 1.16. The Hall–Kier alpha value is -0.960. The van der Waals surface area contributed by atoms with E-state index in [-0.39, 0.29) is 0 Å². The van der Waals surface area contributed by atoms with Gasteiger partial charge in [-0.15, -0.1) is 0 Å². The van der Waals surface area contributed by atoms with Gasteiger partial charge in [0.05, 0.1) is 5.69 Å². The van der Waals surface area contributed by atoms with Crippen LogP contribution in [0.4, 0.5) is 0 Å². The van der Waals surface area contributed by atoms with Crippen molar-refractivity contribution in [1.82, 2.24) is 9.97 Å². The lowest BCUT2D eigenvalue weighted by Gasteiger charge is -2.41. The fraction of sp³-hybridized carbons (Fsp3) is 0.600. The average molecular weight is 177 g/mol. The minimum absolute atomic E-state index is 0.372. The summed E-state index contributed by atoms with van der Waals surface area (Å²) in [7, 11) is 0.